The number of carbonyl (C=O) groups excluding carboxylic acids is 1. The van der Waals surface area contributed by atoms with E-state index in [1.54, 1.807) is 38.7 Å². The van der Waals surface area contributed by atoms with Gasteiger partial charge >= 0.3 is 0 Å². The molecule has 190 valence electrons. The molecule has 10 nitrogen and oxygen atoms in total. The molecular formula is C26H26N6O4S. The SMILES string of the molecule is CCOc1ccc(-n2c(SCC(=O)N/N=C\c3ccc(OC)c(OC)c3)nnc2-c2cccnc2)cc1. The summed E-state index contributed by atoms with van der Waals surface area (Å²) in [5, 5.41) is 13.3. The first-order valence-corrected chi connectivity index (χ1v) is 12.4. The van der Waals surface area contributed by atoms with Crippen LogP contribution < -0.4 is 19.6 Å². The zero-order valence-electron chi connectivity index (χ0n) is 20.6. The maximum Gasteiger partial charge on any atom is 0.250 e. The van der Waals surface area contributed by atoms with Gasteiger partial charge in [0.1, 0.15) is 5.75 Å². The van der Waals surface area contributed by atoms with Gasteiger partial charge in [-0.1, -0.05) is 11.8 Å². The van der Waals surface area contributed by atoms with Gasteiger partial charge in [0.25, 0.3) is 5.91 Å². The number of rotatable bonds is 11. The number of carbonyl (C=O) groups is 1. The van der Waals surface area contributed by atoms with Crippen LogP contribution in [0, 0.1) is 0 Å². The first-order valence-electron chi connectivity index (χ1n) is 11.4. The van der Waals surface area contributed by atoms with E-state index in [2.05, 4.69) is 25.7 Å². The van der Waals surface area contributed by atoms with E-state index >= 15 is 0 Å². The monoisotopic (exact) mass is 518 g/mol. The van der Waals surface area contributed by atoms with Crippen LogP contribution in [0.2, 0.25) is 0 Å². The molecule has 4 aromatic rings. The van der Waals surface area contributed by atoms with Crippen molar-refractivity contribution in [2.75, 3.05) is 26.6 Å². The molecule has 0 aliphatic rings. The van der Waals surface area contributed by atoms with Crippen LogP contribution in [0.3, 0.4) is 0 Å². The second-order valence-electron chi connectivity index (χ2n) is 7.51. The van der Waals surface area contributed by atoms with Crippen molar-refractivity contribution in [3.8, 4) is 34.3 Å². The van der Waals surface area contributed by atoms with Crippen LogP contribution in [0.25, 0.3) is 17.1 Å². The third-order valence-electron chi connectivity index (χ3n) is 5.10. The first-order chi connectivity index (χ1) is 18.1. The van der Waals surface area contributed by atoms with Crippen molar-refractivity contribution in [3.63, 3.8) is 0 Å². The van der Waals surface area contributed by atoms with E-state index < -0.39 is 0 Å². The minimum atomic E-state index is -0.286. The van der Waals surface area contributed by atoms with Crippen molar-refractivity contribution < 1.29 is 19.0 Å². The molecule has 2 aromatic heterocycles. The lowest BCUT2D eigenvalue weighted by molar-refractivity contribution is -0.118. The summed E-state index contributed by atoms with van der Waals surface area (Å²) in [7, 11) is 3.13. The van der Waals surface area contributed by atoms with Crippen LogP contribution in [-0.4, -0.2) is 58.4 Å². The van der Waals surface area contributed by atoms with Gasteiger partial charge in [0, 0.05) is 23.6 Å². The van der Waals surface area contributed by atoms with Crippen LogP contribution in [0.15, 0.2) is 77.2 Å². The van der Waals surface area contributed by atoms with E-state index in [1.807, 2.05) is 54.0 Å². The molecule has 1 amide bonds. The number of ether oxygens (including phenoxy) is 3. The number of nitrogens with one attached hydrogen (secondary N) is 1. The molecule has 0 unspecified atom stereocenters. The summed E-state index contributed by atoms with van der Waals surface area (Å²) in [6, 6.07) is 16.7. The van der Waals surface area contributed by atoms with Crippen LogP contribution in [0.4, 0.5) is 0 Å². The maximum atomic E-state index is 12.5. The predicted molar refractivity (Wildman–Crippen MR) is 142 cm³/mol. The first kappa shape index (κ1) is 25.7. The Morgan fingerprint density at radius 1 is 1.08 bits per heavy atom. The largest absolute Gasteiger partial charge is 0.494 e. The van der Waals surface area contributed by atoms with Gasteiger partial charge in [-0.25, -0.2) is 5.43 Å². The fraction of sp³-hybridized carbons (Fsp3) is 0.192. The van der Waals surface area contributed by atoms with Crippen LogP contribution >= 0.6 is 11.8 Å². The minimum absolute atomic E-state index is 0.0888. The summed E-state index contributed by atoms with van der Waals surface area (Å²) in [6.45, 7) is 2.52. The number of hydrogen-bond acceptors (Lipinski definition) is 9. The number of amides is 1. The summed E-state index contributed by atoms with van der Waals surface area (Å²) in [5.41, 5.74) is 4.93. The number of benzene rings is 2. The second-order valence-corrected chi connectivity index (χ2v) is 8.45. The van der Waals surface area contributed by atoms with E-state index in [1.165, 1.54) is 18.0 Å². The van der Waals surface area contributed by atoms with Crippen molar-refractivity contribution in [2.45, 2.75) is 12.1 Å². The Hall–Kier alpha value is -4.38. The Labute approximate surface area is 218 Å². The smallest absolute Gasteiger partial charge is 0.250 e. The van der Waals surface area contributed by atoms with E-state index in [0.29, 0.717) is 29.1 Å². The molecule has 0 aliphatic heterocycles. The number of hydrogen-bond donors (Lipinski definition) is 1. The number of hydrazone groups is 1. The number of methoxy groups -OCH3 is 2. The Morgan fingerprint density at radius 2 is 1.89 bits per heavy atom. The fourth-order valence-corrected chi connectivity index (χ4v) is 4.15. The fourth-order valence-electron chi connectivity index (χ4n) is 3.41. The van der Waals surface area contributed by atoms with Gasteiger partial charge in [0.2, 0.25) is 0 Å². The third kappa shape index (κ3) is 6.44. The Morgan fingerprint density at radius 3 is 2.59 bits per heavy atom. The van der Waals surface area contributed by atoms with E-state index in [0.717, 1.165) is 22.6 Å². The average Bonchev–Trinajstić information content (AvgIpc) is 3.37. The molecule has 2 heterocycles. The van der Waals surface area contributed by atoms with E-state index in [-0.39, 0.29) is 11.7 Å². The molecule has 0 radical (unpaired) electrons. The molecule has 37 heavy (non-hydrogen) atoms. The highest BCUT2D eigenvalue weighted by molar-refractivity contribution is 7.99. The topological polar surface area (TPSA) is 113 Å². The highest BCUT2D eigenvalue weighted by Gasteiger charge is 2.17. The molecule has 0 saturated carbocycles. The predicted octanol–water partition coefficient (Wildman–Crippen LogP) is 3.99. The molecule has 0 atom stereocenters. The van der Waals surface area contributed by atoms with Crippen molar-refractivity contribution in [1.82, 2.24) is 25.2 Å². The zero-order valence-corrected chi connectivity index (χ0v) is 21.4. The number of aromatic nitrogens is 4. The summed E-state index contributed by atoms with van der Waals surface area (Å²) in [6.07, 6.45) is 4.95. The van der Waals surface area contributed by atoms with Crippen molar-refractivity contribution in [2.24, 2.45) is 5.10 Å². The zero-order chi connectivity index (χ0) is 26.0. The summed E-state index contributed by atoms with van der Waals surface area (Å²) < 4.78 is 18.0. The maximum absolute atomic E-state index is 12.5. The lowest BCUT2D eigenvalue weighted by Crippen LogP contribution is -2.20. The second kappa shape index (κ2) is 12.5. The van der Waals surface area contributed by atoms with Crippen molar-refractivity contribution >= 4 is 23.9 Å². The summed E-state index contributed by atoms with van der Waals surface area (Å²) >= 11 is 1.25. The summed E-state index contributed by atoms with van der Waals surface area (Å²) in [5.74, 6) is 2.38. The highest BCUT2D eigenvalue weighted by Crippen LogP contribution is 2.29. The van der Waals surface area contributed by atoms with Crippen LogP contribution in [-0.2, 0) is 4.79 Å². The third-order valence-corrected chi connectivity index (χ3v) is 6.03. The average molecular weight is 519 g/mol. The molecule has 2 aromatic carbocycles. The molecule has 0 spiro atoms. The van der Waals surface area contributed by atoms with Crippen LogP contribution in [0.5, 0.6) is 17.2 Å². The lowest BCUT2D eigenvalue weighted by atomic mass is 10.2. The summed E-state index contributed by atoms with van der Waals surface area (Å²) in [4.78, 5) is 16.7. The molecule has 0 saturated heterocycles. The van der Waals surface area contributed by atoms with Crippen molar-refractivity contribution in [1.29, 1.82) is 0 Å². The van der Waals surface area contributed by atoms with Crippen molar-refractivity contribution in [3.05, 3.63) is 72.6 Å². The molecular weight excluding hydrogens is 492 g/mol. The normalized spacial score (nSPS) is 10.9. The quantitative estimate of drug-likeness (QED) is 0.180. The molecule has 0 bridgehead atoms. The molecule has 0 fully saturated rings. The number of nitrogens with zero attached hydrogens (tertiary/aromatic N) is 5. The van der Waals surface area contributed by atoms with Gasteiger partial charge in [-0.05, 0) is 67.1 Å². The van der Waals surface area contributed by atoms with Gasteiger partial charge < -0.3 is 14.2 Å². The Balaban J connectivity index is 1.47. The van der Waals surface area contributed by atoms with E-state index in [9.17, 15) is 4.79 Å². The van der Waals surface area contributed by atoms with Gasteiger partial charge in [-0.2, -0.15) is 5.10 Å². The van der Waals surface area contributed by atoms with E-state index in [4.69, 9.17) is 14.2 Å². The Bertz CT molecular complexity index is 1360. The minimum Gasteiger partial charge on any atom is -0.494 e. The van der Waals surface area contributed by atoms with Gasteiger partial charge in [-0.3, -0.25) is 14.3 Å². The Kier molecular flexibility index (Phi) is 8.71. The molecule has 4 rings (SSSR count). The standard InChI is InChI=1S/C26H26N6O4S/c1-4-36-21-10-8-20(9-11-21)32-25(19-6-5-13-27-16-19)30-31-26(32)37-17-24(33)29-28-15-18-7-12-22(34-2)23(14-18)35-3/h5-16H,4,17H2,1-3H3,(H,29,33)/b28-15-. The van der Waals surface area contributed by atoms with Crippen LogP contribution in [0.1, 0.15) is 12.5 Å². The van der Waals surface area contributed by atoms with Gasteiger partial charge in [0.15, 0.2) is 22.5 Å². The molecule has 0 aliphatic carbocycles. The molecule has 11 heteroatoms. The van der Waals surface area contributed by atoms with Gasteiger partial charge in [-0.15, -0.1) is 10.2 Å². The number of thioether (sulfide) groups is 1. The lowest BCUT2D eigenvalue weighted by Gasteiger charge is -2.11. The van der Waals surface area contributed by atoms with Gasteiger partial charge in [0.05, 0.1) is 32.8 Å². The number of pyridine rings is 1. The molecule has 1 N–H and O–H groups in total. The highest BCUT2D eigenvalue weighted by atomic mass is 32.2.